The Morgan fingerprint density at radius 3 is 2.82 bits per heavy atom. The van der Waals surface area contributed by atoms with Crippen molar-refractivity contribution in [2.45, 2.75) is 6.54 Å². The number of nitrogens with one attached hydrogen (secondary N) is 1. The first-order valence-corrected chi connectivity index (χ1v) is 6.77. The summed E-state index contributed by atoms with van der Waals surface area (Å²) in [6.45, 7) is 0.566. The molecule has 2 heterocycles. The molecule has 6 nitrogen and oxygen atoms in total. The average molecular weight is 293 g/mol. The van der Waals surface area contributed by atoms with E-state index in [1.54, 1.807) is 36.8 Å². The summed E-state index contributed by atoms with van der Waals surface area (Å²) < 4.78 is 0. The Hall–Kier alpha value is -3.15. The number of nitrogen functional groups attached to an aromatic ring is 1. The monoisotopic (exact) mass is 293 g/mol. The number of aromatic nitrogens is 3. The molecule has 0 atom stereocenters. The fourth-order valence-electron chi connectivity index (χ4n) is 2.10. The van der Waals surface area contributed by atoms with Gasteiger partial charge in [-0.25, -0.2) is 4.98 Å². The molecule has 0 fully saturated rings. The lowest BCUT2D eigenvalue weighted by Gasteiger charge is -2.11. The Bertz CT molecular complexity index is 776. The van der Waals surface area contributed by atoms with Gasteiger partial charge in [-0.3, -0.25) is 4.98 Å². The van der Waals surface area contributed by atoms with Gasteiger partial charge in [0.1, 0.15) is 11.6 Å². The molecule has 6 heteroatoms. The number of hydrogen-bond acceptors (Lipinski definition) is 6. The quantitative estimate of drug-likeness (QED) is 0.683. The predicted octanol–water partition coefficient (Wildman–Crippen LogP) is 2.44. The summed E-state index contributed by atoms with van der Waals surface area (Å²) in [6.07, 6.45) is 5.15. The molecule has 0 saturated heterocycles. The van der Waals surface area contributed by atoms with Gasteiger partial charge in [-0.1, -0.05) is 18.2 Å². The number of pyridine rings is 1. The van der Waals surface area contributed by atoms with Gasteiger partial charge < -0.3 is 16.2 Å². The van der Waals surface area contributed by atoms with Crippen LogP contribution in [0.1, 0.15) is 5.56 Å². The first kappa shape index (κ1) is 13.8. The topological polar surface area (TPSA) is 97.0 Å². The maximum Gasteiger partial charge on any atom is 0.221 e. The Labute approximate surface area is 127 Å². The minimum atomic E-state index is 0.188. The van der Waals surface area contributed by atoms with Gasteiger partial charge in [0.15, 0.2) is 0 Å². The third-order valence-electron chi connectivity index (χ3n) is 3.15. The third-order valence-corrected chi connectivity index (χ3v) is 3.15. The highest BCUT2D eigenvalue weighted by molar-refractivity contribution is 5.75. The molecular weight excluding hydrogens is 278 g/mol. The largest absolute Gasteiger partial charge is 0.508 e. The second-order valence-corrected chi connectivity index (χ2v) is 4.76. The van der Waals surface area contributed by atoms with E-state index in [-0.39, 0.29) is 11.7 Å². The summed E-state index contributed by atoms with van der Waals surface area (Å²) >= 11 is 0. The fraction of sp³-hybridized carbons (Fsp3) is 0.0625. The number of phenolic OH excluding ortho intramolecular Hbond substituents is 1. The zero-order valence-corrected chi connectivity index (χ0v) is 11.8. The van der Waals surface area contributed by atoms with Crippen molar-refractivity contribution in [1.29, 1.82) is 0 Å². The van der Waals surface area contributed by atoms with E-state index in [1.807, 2.05) is 18.2 Å². The lowest BCUT2D eigenvalue weighted by atomic mass is 10.1. The molecule has 0 spiro atoms. The van der Waals surface area contributed by atoms with E-state index in [0.29, 0.717) is 12.4 Å². The highest BCUT2D eigenvalue weighted by atomic mass is 16.3. The Morgan fingerprint density at radius 1 is 1.14 bits per heavy atom. The summed E-state index contributed by atoms with van der Waals surface area (Å²) in [4.78, 5) is 12.4. The highest BCUT2D eigenvalue weighted by Crippen LogP contribution is 2.28. The van der Waals surface area contributed by atoms with Gasteiger partial charge in [-0.15, -0.1) is 0 Å². The van der Waals surface area contributed by atoms with Gasteiger partial charge in [0.05, 0.1) is 0 Å². The van der Waals surface area contributed by atoms with Crippen molar-refractivity contribution in [3.05, 3.63) is 60.6 Å². The second-order valence-electron chi connectivity index (χ2n) is 4.76. The van der Waals surface area contributed by atoms with Crippen LogP contribution >= 0.6 is 0 Å². The Morgan fingerprint density at radius 2 is 2.05 bits per heavy atom. The zero-order chi connectivity index (χ0) is 15.4. The zero-order valence-electron chi connectivity index (χ0n) is 11.8. The first-order chi connectivity index (χ1) is 10.7. The van der Waals surface area contributed by atoms with E-state index >= 15 is 0 Å². The van der Waals surface area contributed by atoms with Crippen molar-refractivity contribution < 1.29 is 5.11 Å². The van der Waals surface area contributed by atoms with Crippen molar-refractivity contribution in [2.24, 2.45) is 0 Å². The number of benzene rings is 1. The number of hydrogen-bond donors (Lipinski definition) is 3. The molecule has 0 amide bonds. The summed E-state index contributed by atoms with van der Waals surface area (Å²) in [7, 11) is 0. The van der Waals surface area contributed by atoms with E-state index in [1.165, 1.54) is 0 Å². The normalized spacial score (nSPS) is 10.4. The average Bonchev–Trinajstić information content (AvgIpc) is 2.54. The van der Waals surface area contributed by atoms with E-state index < -0.39 is 0 Å². The number of anilines is 2. The predicted molar refractivity (Wildman–Crippen MR) is 85.1 cm³/mol. The van der Waals surface area contributed by atoms with E-state index in [4.69, 9.17) is 5.73 Å². The molecule has 0 aliphatic rings. The smallest absolute Gasteiger partial charge is 0.221 e. The van der Waals surface area contributed by atoms with Crippen molar-refractivity contribution in [1.82, 2.24) is 15.0 Å². The Kier molecular flexibility index (Phi) is 3.82. The lowest BCUT2D eigenvalue weighted by Crippen LogP contribution is -2.06. The van der Waals surface area contributed by atoms with Crippen molar-refractivity contribution in [3.8, 4) is 16.9 Å². The van der Waals surface area contributed by atoms with Crippen LogP contribution in [0.2, 0.25) is 0 Å². The first-order valence-electron chi connectivity index (χ1n) is 6.77. The summed E-state index contributed by atoms with van der Waals surface area (Å²) in [5, 5.41) is 12.9. The van der Waals surface area contributed by atoms with Gasteiger partial charge >= 0.3 is 0 Å². The minimum absolute atomic E-state index is 0.188. The van der Waals surface area contributed by atoms with E-state index in [2.05, 4.69) is 20.3 Å². The van der Waals surface area contributed by atoms with Crippen LogP contribution in [0.3, 0.4) is 0 Å². The van der Waals surface area contributed by atoms with Crippen molar-refractivity contribution in [2.75, 3.05) is 11.1 Å². The van der Waals surface area contributed by atoms with Crippen LogP contribution in [0.5, 0.6) is 5.75 Å². The van der Waals surface area contributed by atoms with Gasteiger partial charge in [-0.2, -0.15) is 4.98 Å². The molecule has 0 saturated carbocycles. The molecule has 0 radical (unpaired) electrons. The summed E-state index contributed by atoms with van der Waals surface area (Å²) in [5.41, 5.74) is 8.30. The van der Waals surface area contributed by atoms with Crippen LogP contribution in [0.4, 0.5) is 11.8 Å². The van der Waals surface area contributed by atoms with Crippen molar-refractivity contribution in [3.63, 3.8) is 0 Å². The number of nitrogens with two attached hydrogens (primary N) is 1. The van der Waals surface area contributed by atoms with Crippen LogP contribution in [-0.4, -0.2) is 20.1 Å². The molecule has 22 heavy (non-hydrogen) atoms. The van der Waals surface area contributed by atoms with Gasteiger partial charge in [0.2, 0.25) is 5.95 Å². The van der Waals surface area contributed by atoms with E-state index in [0.717, 1.165) is 16.7 Å². The van der Waals surface area contributed by atoms with Crippen LogP contribution in [0, 0.1) is 0 Å². The molecule has 0 aliphatic heterocycles. The highest BCUT2D eigenvalue weighted by Gasteiger charge is 2.09. The van der Waals surface area contributed by atoms with Gasteiger partial charge in [-0.05, 0) is 29.3 Å². The molecule has 1 aromatic carbocycles. The third kappa shape index (κ3) is 3.12. The molecule has 3 aromatic rings. The number of rotatable bonds is 4. The fourth-order valence-corrected chi connectivity index (χ4v) is 2.10. The molecule has 3 rings (SSSR count). The Balaban J connectivity index is 1.91. The maximum atomic E-state index is 9.63. The van der Waals surface area contributed by atoms with Crippen LogP contribution in [0.15, 0.2) is 55.0 Å². The van der Waals surface area contributed by atoms with Crippen LogP contribution in [0.25, 0.3) is 11.1 Å². The van der Waals surface area contributed by atoms with Gasteiger partial charge in [0.25, 0.3) is 0 Å². The second kappa shape index (κ2) is 6.09. The molecule has 110 valence electrons. The molecule has 0 unspecified atom stereocenters. The molecule has 4 N–H and O–H groups in total. The van der Waals surface area contributed by atoms with Crippen molar-refractivity contribution >= 4 is 11.8 Å². The molecule has 2 aromatic heterocycles. The lowest BCUT2D eigenvalue weighted by molar-refractivity contribution is 0.475. The van der Waals surface area contributed by atoms with E-state index in [9.17, 15) is 5.11 Å². The maximum absolute atomic E-state index is 9.63. The SMILES string of the molecule is Nc1ncc(-c2cccc(O)c2)c(NCc2cccnc2)n1. The summed E-state index contributed by atoms with van der Waals surface area (Å²) in [6, 6.07) is 10.8. The number of nitrogens with zero attached hydrogens (tertiary/aromatic N) is 3. The molecule has 0 bridgehead atoms. The molecule has 0 aliphatic carbocycles. The van der Waals surface area contributed by atoms with Crippen LogP contribution in [-0.2, 0) is 6.54 Å². The standard InChI is InChI=1S/C16H15N5O/c17-16-20-10-14(12-4-1-5-13(22)7-12)15(21-16)19-9-11-3-2-6-18-8-11/h1-8,10,22H,9H2,(H3,17,19,20,21). The number of phenols is 1. The molecular formula is C16H15N5O. The minimum Gasteiger partial charge on any atom is -0.508 e. The van der Waals surface area contributed by atoms with Crippen LogP contribution < -0.4 is 11.1 Å². The number of aromatic hydroxyl groups is 1. The summed E-state index contributed by atoms with van der Waals surface area (Å²) in [5.74, 6) is 0.993. The van der Waals surface area contributed by atoms with Gasteiger partial charge in [0, 0.05) is 30.7 Å².